The molecule has 1 atom stereocenters. The first-order valence-corrected chi connectivity index (χ1v) is 12.4. The third-order valence-electron chi connectivity index (χ3n) is 5.44. The molecule has 1 amide bonds. The van der Waals surface area contributed by atoms with Crippen molar-refractivity contribution in [2.75, 3.05) is 23.8 Å². The van der Waals surface area contributed by atoms with Gasteiger partial charge in [-0.2, -0.15) is 0 Å². The van der Waals surface area contributed by atoms with Crippen LogP contribution in [0.5, 0.6) is 0 Å². The number of ether oxygens (including phenoxy) is 1. The number of benzene rings is 3. The molecule has 2 N–H and O–H groups in total. The summed E-state index contributed by atoms with van der Waals surface area (Å²) in [5.41, 5.74) is 3.68. The van der Waals surface area contributed by atoms with Crippen LogP contribution in [-0.2, 0) is 16.0 Å². The Labute approximate surface area is 216 Å². The lowest BCUT2D eigenvalue weighted by Gasteiger charge is -2.17. The molecule has 7 heteroatoms. The molecule has 0 heterocycles. The van der Waals surface area contributed by atoms with E-state index in [0.717, 1.165) is 23.4 Å². The molecule has 3 rings (SSSR count). The first-order valence-electron chi connectivity index (χ1n) is 11.6. The lowest BCUT2D eigenvalue weighted by atomic mass is 9.91. The van der Waals surface area contributed by atoms with Crippen molar-refractivity contribution in [1.82, 2.24) is 0 Å². The molecule has 0 bridgehead atoms. The van der Waals surface area contributed by atoms with E-state index in [1.165, 1.54) is 0 Å². The zero-order valence-electron chi connectivity index (χ0n) is 20.1. The zero-order chi connectivity index (χ0) is 25.4. The molecule has 1 unspecified atom stereocenters. The Kier molecular flexibility index (Phi) is 9.58. The van der Waals surface area contributed by atoms with Gasteiger partial charge in [0.2, 0.25) is 0 Å². The largest absolute Gasteiger partial charge is 0.466 e. The minimum absolute atomic E-state index is 0.230. The molecule has 0 saturated carbocycles. The van der Waals surface area contributed by atoms with E-state index in [4.69, 9.17) is 27.9 Å². The van der Waals surface area contributed by atoms with Crippen LogP contribution in [-0.4, -0.2) is 25.0 Å². The number of carbonyl (C=O) groups is 2. The van der Waals surface area contributed by atoms with Crippen molar-refractivity contribution in [3.63, 3.8) is 0 Å². The predicted octanol–water partition coefficient (Wildman–Crippen LogP) is 7.20. The van der Waals surface area contributed by atoms with Crippen molar-refractivity contribution in [2.45, 2.75) is 33.1 Å². The van der Waals surface area contributed by atoms with Gasteiger partial charge in [-0.05, 0) is 66.8 Å². The van der Waals surface area contributed by atoms with Crippen LogP contribution < -0.4 is 10.6 Å². The Morgan fingerprint density at radius 3 is 2.06 bits per heavy atom. The molecular formula is C28H30Cl2N2O3. The average Bonchev–Trinajstić information content (AvgIpc) is 2.82. The molecule has 3 aromatic rings. The molecule has 0 aliphatic heterocycles. The number of hydrogen-bond acceptors (Lipinski definition) is 4. The van der Waals surface area contributed by atoms with Gasteiger partial charge in [-0.15, -0.1) is 0 Å². The predicted molar refractivity (Wildman–Crippen MR) is 144 cm³/mol. The summed E-state index contributed by atoms with van der Waals surface area (Å²) in [7, 11) is 0. The highest BCUT2D eigenvalue weighted by Gasteiger charge is 2.23. The van der Waals surface area contributed by atoms with Gasteiger partial charge in [-0.1, -0.05) is 67.4 Å². The van der Waals surface area contributed by atoms with Gasteiger partial charge in [-0.3, -0.25) is 9.59 Å². The van der Waals surface area contributed by atoms with Crippen molar-refractivity contribution >= 4 is 46.5 Å². The zero-order valence-corrected chi connectivity index (χ0v) is 21.6. The second-order valence-electron chi connectivity index (χ2n) is 8.65. The Morgan fingerprint density at radius 1 is 0.886 bits per heavy atom. The van der Waals surface area contributed by atoms with Crippen LogP contribution >= 0.6 is 23.2 Å². The lowest BCUT2D eigenvalue weighted by Crippen LogP contribution is -2.18. The molecule has 0 fully saturated rings. The molecule has 35 heavy (non-hydrogen) atoms. The molecule has 0 radical (unpaired) electrons. The number of amides is 1. The molecule has 184 valence electrons. The first-order chi connectivity index (χ1) is 16.8. The van der Waals surface area contributed by atoms with Crippen molar-refractivity contribution in [3.8, 4) is 0 Å². The summed E-state index contributed by atoms with van der Waals surface area (Å²) in [6.45, 7) is 7.31. The van der Waals surface area contributed by atoms with Gasteiger partial charge >= 0.3 is 5.97 Å². The molecule has 0 saturated heterocycles. The lowest BCUT2D eigenvalue weighted by molar-refractivity contribution is -0.144. The van der Waals surface area contributed by atoms with Gasteiger partial charge in [0.1, 0.15) is 0 Å². The van der Waals surface area contributed by atoms with Crippen LogP contribution in [0.2, 0.25) is 10.0 Å². The summed E-state index contributed by atoms with van der Waals surface area (Å²) >= 11 is 12.3. The van der Waals surface area contributed by atoms with Crippen LogP contribution in [0.3, 0.4) is 0 Å². The molecule has 0 aliphatic rings. The highest BCUT2D eigenvalue weighted by Crippen LogP contribution is 2.27. The van der Waals surface area contributed by atoms with E-state index in [2.05, 4.69) is 24.5 Å². The van der Waals surface area contributed by atoms with Gasteiger partial charge in [0.05, 0.1) is 28.1 Å². The van der Waals surface area contributed by atoms with E-state index in [-0.39, 0.29) is 27.5 Å². The maximum atomic E-state index is 12.8. The van der Waals surface area contributed by atoms with Crippen LogP contribution in [0.1, 0.15) is 48.2 Å². The summed E-state index contributed by atoms with van der Waals surface area (Å²) < 4.78 is 5.35. The SMILES string of the molecule is CCOC(=O)C(Cc1ccc(NC(=O)c2c(Cl)cccc2Cl)cc1)c1ccc(NCC(C)C)cc1. The minimum Gasteiger partial charge on any atom is -0.466 e. The molecule has 0 aliphatic carbocycles. The van der Waals surface area contributed by atoms with Crippen molar-refractivity contribution in [1.29, 1.82) is 0 Å². The van der Waals surface area contributed by atoms with E-state index < -0.39 is 5.92 Å². The number of esters is 1. The number of halogens is 2. The smallest absolute Gasteiger partial charge is 0.313 e. The summed E-state index contributed by atoms with van der Waals surface area (Å²) in [5, 5.41) is 6.78. The maximum Gasteiger partial charge on any atom is 0.313 e. The van der Waals surface area contributed by atoms with Gasteiger partial charge in [0.15, 0.2) is 0 Å². The van der Waals surface area contributed by atoms with Gasteiger partial charge < -0.3 is 15.4 Å². The summed E-state index contributed by atoms with van der Waals surface area (Å²) in [6, 6.07) is 20.2. The van der Waals surface area contributed by atoms with Gasteiger partial charge in [0, 0.05) is 17.9 Å². The number of rotatable bonds is 10. The number of nitrogens with one attached hydrogen (secondary N) is 2. The number of anilines is 2. The Balaban J connectivity index is 1.72. The van der Waals surface area contributed by atoms with E-state index in [0.29, 0.717) is 24.6 Å². The second-order valence-corrected chi connectivity index (χ2v) is 9.47. The Hall–Kier alpha value is -3.02. The van der Waals surface area contributed by atoms with Crippen molar-refractivity contribution in [2.24, 2.45) is 5.92 Å². The van der Waals surface area contributed by atoms with Crippen molar-refractivity contribution < 1.29 is 14.3 Å². The fourth-order valence-electron chi connectivity index (χ4n) is 3.60. The number of carbonyl (C=O) groups excluding carboxylic acids is 2. The van der Waals surface area contributed by atoms with E-state index in [9.17, 15) is 9.59 Å². The number of hydrogen-bond donors (Lipinski definition) is 2. The van der Waals surface area contributed by atoms with E-state index in [1.54, 1.807) is 37.3 Å². The fraction of sp³-hybridized carbons (Fsp3) is 0.286. The third-order valence-corrected chi connectivity index (χ3v) is 6.07. The quantitative estimate of drug-likeness (QED) is 0.281. The Morgan fingerprint density at radius 2 is 1.49 bits per heavy atom. The molecule has 0 aromatic heterocycles. The monoisotopic (exact) mass is 512 g/mol. The van der Waals surface area contributed by atoms with Gasteiger partial charge in [-0.25, -0.2) is 0 Å². The third kappa shape index (κ3) is 7.48. The topological polar surface area (TPSA) is 67.4 Å². The molecule has 5 nitrogen and oxygen atoms in total. The van der Waals surface area contributed by atoms with Crippen LogP contribution in [0.15, 0.2) is 66.7 Å². The van der Waals surface area contributed by atoms with E-state index >= 15 is 0 Å². The highest BCUT2D eigenvalue weighted by atomic mass is 35.5. The summed E-state index contributed by atoms with van der Waals surface area (Å²) in [5.74, 6) is -0.544. The summed E-state index contributed by atoms with van der Waals surface area (Å²) in [6.07, 6.45) is 0.474. The van der Waals surface area contributed by atoms with Crippen LogP contribution in [0.25, 0.3) is 0 Å². The standard InChI is InChI=1S/C28H30Cl2N2O3/c1-4-35-28(34)23(20-10-14-21(15-11-20)31-17-18(2)3)16-19-8-12-22(13-9-19)32-27(33)26-24(29)6-5-7-25(26)30/h5-15,18,23,31H,4,16-17H2,1-3H3,(H,32,33). The fourth-order valence-corrected chi connectivity index (χ4v) is 4.17. The molecular weight excluding hydrogens is 483 g/mol. The molecule has 0 spiro atoms. The van der Waals surface area contributed by atoms with E-state index in [1.807, 2.05) is 36.4 Å². The summed E-state index contributed by atoms with van der Waals surface area (Å²) in [4.78, 5) is 25.4. The minimum atomic E-state index is -0.434. The van der Waals surface area contributed by atoms with Crippen molar-refractivity contribution in [3.05, 3.63) is 93.5 Å². The van der Waals surface area contributed by atoms with Crippen LogP contribution in [0.4, 0.5) is 11.4 Å². The molecule has 3 aromatic carbocycles. The first kappa shape index (κ1) is 26.6. The maximum absolute atomic E-state index is 12.8. The highest BCUT2D eigenvalue weighted by molar-refractivity contribution is 6.40. The Bertz CT molecular complexity index is 1130. The van der Waals surface area contributed by atoms with Crippen LogP contribution in [0, 0.1) is 5.92 Å². The normalized spacial score (nSPS) is 11.7. The van der Waals surface area contributed by atoms with Gasteiger partial charge in [0.25, 0.3) is 5.91 Å². The second kappa shape index (κ2) is 12.6. The average molecular weight is 513 g/mol.